The van der Waals surface area contributed by atoms with E-state index in [2.05, 4.69) is 0 Å². The molecule has 0 aliphatic heterocycles. The molecule has 1 rings (SSSR count). The molecule has 0 amide bonds. The normalized spacial score (nSPS) is 39.5. The smallest absolute Gasteiger partial charge is 0.0502 e. The molecule has 0 saturated heterocycles. The molecule has 1 aliphatic carbocycles. The maximum atomic E-state index is 6.03. The highest BCUT2D eigenvalue weighted by molar-refractivity contribution is 6.30. The highest BCUT2D eigenvalue weighted by Crippen LogP contribution is 2.35. The minimum atomic E-state index is 0.0529. The SMILES string of the molecule is ClC[C@@H](Cl)[C@@H]1CC[C@H](Cl)[C@H](Cl)C1. The number of rotatable bonds is 2. The fourth-order valence-electron chi connectivity index (χ4n) is 1.56. The zero-order chi connectivity index (χ0) is 9.14. The molecule has 0 aromatic rings. The first-order valence-corrected chi connectivity index (χ1v) is 5.97. The number of halogens is 4. The highest BCUT2D eigenvalue weighted by Gasteiger charge is 2.31. The summed E-state index contributed by atoms with van der Waals surface area (Å²) in [6, 6.07) is 0. The van der Waals surface area contributed by atoms with Crippen molar-refractivity contribution >= 4 is 46.4 Å². The second kappa shape index (κ2) is 5.14. The molecule has 0 aromatic heterocycles. The van der Waals surface area contributed by atoms with Gasteiger partial charge in [0.25, 0.3) is 0 Å². The van der Waals surface area contributed by atoms with Crippen molar-refractivity contribution in [3.8, 4) is 0 Å². The molecule has 0 heterocycles. The second-order valence-corrected chi connectivity index (χ2v) is 5.27. The topological polar surface area (TPSA) is 0 Å². The van der Waals surface area contributed by atoms with E-state index in [0.717, 1.165) is 19.3 Å². The van der Waals surface area contributed by atoms with E-state index in [4.69, 9.17) is 46.4 Å². The quantitative estimate of drug-likeness (QED) is 0.653. The van der Waals surface area contributed by atoms with Crippen molar-refractivity contribution in [1.29, 1.82) is 0 Å². The molecule has 72 valence electrons. The molecule has 0 bridgehead atoms. The van der Waals surface area contributed by atoms with Gasteiger partial charge in [0.05, 0.1) is 5.38 Å². The van der Waals surface area contributed by atoms with Gasteiger partial charge in [-0.2, -0.15) is 0 Å². The Morgan fingerprint density at radius 3 is 2.33 bits per heavy atom. The summed E-state index contributed by atoms with van der Waals surface area (Å²) in [5, 5.41) is 0.231. The van der Waals surface area contributed by atoms with Crippen LogP contribution in [-0.4, -0.2) is 22.0 Å². The lowest BCUT2D eigenvalue weighted by Gasteiger charge is -2.31. The van der Waals surface area contributed by atoms with E-state index in [1.807, 2.05) is 0 Å². The standard InChI is InChI=1S/C8H12Cl4/c9-4-8(12)5-1-2-6(10)7(11)3-5/h5-8H,1-4H2/t5-,6+,7-,8-/m1/s1. The zero-order valence-electron chi connectivity index (χ0n) is 6.65. The summed E-state index contributed by atoms with van der Waals surface area (Å²) in [7, 11) is 0. The van der Waals surface area contributed by atoms with Crippen LogP contribution < -0.4 is 0 Å². The van der Waals surface area contributed by atoms with Gasteiger partial charge in [-0.15, -0.1) is 46.4 Å². The van der Waals surface area contributed by atoms with Gasteiger partial charge in [-0.25, -0.2) is 0 Å². The first-order chi connectivity index (χ1) is 5.65. The molecule has 0 unspecified atom stereocenters. The summed E-state index contributed by atoms with van der Waals surface area (Å²) in [6.45, 7) is 0. The van der Waals surface area contributed by atoms with Crippen LogP contribution in [0.25, 0.3) is 0 Å². The Kier molecular flexibility index (Phi) is 4.82. The molecule has 4 atom stereocenters. The van der Waals surface area contributed by atoms with Crippen molar-refractivity contribution < 1.29 is 0 Å². The van der Waals surface area contributed by atoms with Crippen molar-refractivity contribution in [3.63, 3.8) is 0 Å². The molecule has 4 heteroatoms. The number of hydrogen-bond acceptors (Lipinski definition) is 0. The van der Waals surface area contributed by atoms with Crippen molar-refractivity contribution in [2.24, 2.45) is 5.92 Å². The molecule has 0 nitrogen and oxygen atoms in total. The molecular formula is C8H12Cl4. The van der Waals surface area contributed by atoms with E-state index in [-0.39, 0.29) is 16.1 Å². The van der Waals surface area contributed by atoms with Crippen molar-refractivity contribution in [2.45, 2.75) is 35.4 Å². The van der Waals surface area contributed by atoms with Gasteiger partial charge in [0.1, 0.15) is 0 Å². The third-order valence-electron chi connectivity index (χ3n) is 2.39. The first kappa shape index (κ1) is 11.2. The van der Waals surface area contributed by atoms with Gasteiger partial charge in [0.2, 0.25) is 0 Å². The number of alkyl halides is 4. The lowest BCUT2D eigenvalue weighted by molar-refractivity contribution is 0.364. The summed E-state index contributed by atoms with van der Waals surface area (Å²) in [5.41, 5.74) is 0. The Morgan fingerprint density at radius 1 is 1.17 bits per heavy atom. The van der Waals surface area contributed by atoms with Crippen LogP contribution in [0.2, 0.25) is 0 Å². The van der Waals surface area contributed by atoms with Gasteiger partial charge < -0.3 is 0 Å². The average molecular weight is 250 g/mol. The highest BCUT2D eigenvalue weighted by atomic mass is 35.5. The molecular weight excluding hydrogens is 238 g/mol. The van der Waals surface area contributed by atoms with Crippen LogP contribution in [0.4, 0.5) is 0 Å². The monoisotopic (exact) mass is 248 g/mol. The van der Waals surface area contributed by atoms with Crippen LogP contribution in [0.1, 0.15) is 19.3 Å². The predicted octanol–water partition coefficient (Wildman–Crippen LogP) is 3.85. The Hall–Kier alpha value is 1.16. The predicted molar refractivity (Wildman–Crippen MR) is 57.0 cm³/mol. The van der Waals surface area contributed by atoms with Crippen molar-refractivity contribution in [1.82, 2.24) is 0 Å². The number of hydrogen-bond donors (Lipinski definition) is 0. The molecule has 1 aliphatic rings. The first-order valence-electron chi connectivity index (χ1n) is 4.13. The van der Waals surface area contributed by atoms with Crippen molar-refractivity contribution in [3.05, 3.63) is 0 Å². The molecule has 1 fully saturated rings. The van der Waals surface area contributed by atoms with Gasteiger partial charge in [-0.1, -0.05) is 0 Å². The average Bonchev–Trinajstić information content (AvgIpc) is 2.08. The third-order valence-corrected chi connectivity index (χ3v) is 4.53. The Bertz CT molecular complexity index is 139. The van der Waals surface area contributed by atoms with E-state index in [0.29, 0.717) is 11.8 Å². The Morgan fingerprint density at radius 2 is 1.83 bits per heavy atom. The van der Waals surface area contributed by atoms with Crippen LogP contribution in [0.3, 0.4) is 0 Å². The maximum absolute atomic E-state index is 6.03. The van der Waals surface area contributed by atoms with E-state index < -0.39 is 0 Å². The summed E-state index contributed by atoms with van der Waals surface area (Å²) in [4.78, 5) is 0. The van der Waals surface area contributed by atoms with E-state index >= 15 is 0 Å². The van der Waals surface area contributed by atoms with Crippen LogP contribution >= 0.6 is 46.4 Å². The second-order valence-electron chi connectivity index (χ2n) is 3.28. The van der Waals surface area contributed by atoms with E-state index in [1.54, 1.807) is 0 Å². The van der Waals surface area contributed by atoms with Gasteiger partial charge in [0, 0.05) is 16.6 Å². The van der Waals surface area contributed by atoms with Crippen LogP contribution in [-0.2, 0) is 0 Å². The van der Waals surface area contributed by atoms with Crippen LogP contribution in [0.5, 0.6) is 0 Å². The van der Waals surface area contributed by atoms with Gasteiger partial charge in [0.15, 0.2) is 0 Å². The maximum Gasteiger partial charge on any atom is 0.0502 e. The third kappa shape index (κ3) is 2.83. The summed E-state index contributed by atoms with van der Waals surface area (Å²) < 4.78 is 0. The van der Waals surface area contributed by atoms with Crippen LogP contribution in [0, 0.1) is 5.92 Å². The largest absolute Gasteiger partial charge is 0.125 e. The molecule has 0 N–H and O–H groups in total. The fraction of sp³-hybridized carbons (Fsp3) is 1.00. The molecule has 1 saturated carbocycles. The van der Waals surface area contributed by atoms with Gasteiger partial charge in [-0.05, 0) is 25.2 Å². The lowest BCUT2D eigenvalue weighted by atomic mass is 9.86. The molecule has 0 spiro atoms. The molecule has 12 heavy (non-hydrogen) atoms. The van der Waals surface area contributed by atoms with Gasteiger partial charge in [-0.3, -0.25) is 0 Å². The van der Waals surface area contributed by atoms with E-state index in [9.17, 15) is 0 Å². The van der Waals surface area contributed by atoms with Crippen molar-refractivity contribution in [2.75, 3.05) is 5.88 Å². The minimum Gasteiger partial charge on any atom is -0.125 e. The van der Waals surface area contributed by atoms with E-state index in [1.165, 1.54) is 0 Å². The Balaban J connectivity index is 2.39. The lowest BCUT2D eigenvalue weighted by Crippen LogP contribution is -2.31. The summed E-state index contributed by atoms with van der Waals surface area (Å²) in [6.07, 6.45) is 2.91. The zero-order valence-corrected chi connectivity index (χ0v) is 9.67. The van der Waals surface area contributed by atoms with Gasteiger partial charge >= 0.3 is 0 Å². The molecule has 0 radical (unpaired) electrons. The Labute approximate surface area is 93.5 Å². The molecule has 0 aromatic carbocycles. The summed E-state index contributed by atoms with van der Waals surface area (Å²) in [5.74, 6) is 0.949. The minimum absolute atomic E-state index is 0.0529. The van der Waals surface area contributed by atoms with Crippen LogP contribution in [0.15, 0.2) is 0 Å². The fourth-order valence-corrected chi connectivity index (χ4v) is 2.63. The summed E-state index contributed by atoms with van der Waals surface area (Å²) >= 11 is 23.7.